The zero-order valence-corrected chi connectivity index (χ0v) is 17.8. The molecule has 0 spiro atoms. The average Bonchev–Trinajstić information content (AvgIpc) is 3.09. The van der Waals surface area contributed by atoms with E-state index in [2.05, 4.69) is 21.9 Å². The summed E-state index contributed by atoms with van der Waals surface area (Å²) in [5, 5.41) is 3.36. The lowest BCUT2D eigenvalue weighted by Crippen LogP contribution is -2.15. The summed E-state index contributed by atoms with van der Waals surface area (Å²) in [5.74, 6) is -0.268. The van der Waals surface area contributed by atoms with Crippen LogP contribution in [0.1, 0.15) is 34.3 Å². The first-order chi connectivity index (χ1) is 14.3. The summed E-state index contributed by atoms with van der Waals surface area (Å²) >= 11 is 1.49. The molecule has 30 heavy (non-hydrogen) atoms. The molecule has 0 saturated heterocycles. The zero-order chi connectivity index (χ0) is 21.3. The van der Waals surface area contributed by atoms with E-state index in [1.165, 1.54) is 34.4 Å². The van der Waals surface area contributed by atoms with Crippen LogP contribution in [0, 0.1) is 11.7 Å². The van der Waals surface area contributed by atoms with Gasteiger partial charge in [0, 0.05) is 16.1 Å². The summed E-state index contributed by atoms with van der Waals surface area (Å²) in [6.07, 6.45) is 2.99. The number of amides is 1. The Labute approximate surface area is 178 Å². The summed E-state index contributed by atoms with van der Waals surface area (Å²) in [5.41, 5.74) is 1.59. The number of hydrogen-bond acceptors (Lipinski definition) is 5. The van der Waals surface area contributed by atoms with E-state index in [4.69, 9.17) is 0 Å². The number of sulfonamides is 1. The van der Waals surface area contributed by atoms with Crippen LogP contribution in [0.25, 0.3) is 0 Å². The van der Waals surface area contributed by atoms with Gasteiger partial charge in [0.25, 0.3) is 15.9 Å². The predicted molar refractivity (Wildman–Crippen MR) is 115 cm³/mol. The summed E-state index contributed by atoms with van der Waals surface area (Å²) in [6.45, 7) is 2.21. The van der Waals surface area contributed by atoms with Gasteiger partial charge < -0.3 is 0 Å². The predicted octanol–water partition coefficient (Wildman–Crippen LogP) is 4.46. The van der Waals surface area contributed by atoms with Gasteiger partial charge in [-0.15, -0.1) is 11.3 Å². The van der Waals surface area contributed by atoms with Crippen molar-refractivity contribution in [2.75, 3.05) is 10.0 Å². The van der Waals surface area contributed by atoms with Gasteiger partial charge in [-0.3, -0.25) is 14.8 Å². The Hall–Kier alpha value is -2.78. The molecule has 1 aliphatic rings. The fourth-order valence-corrected chi connectivity index (χ4v) is 5.53. The number of nitrogens with one attached hydrogen (secondary N) is 2. The minimum Gasteiger partial charge on any atom is -0.298 e. The van der Waals surface area contributed by atoms with Gasteiger partial charge in [-0.2, -0.15) is 0 Å². The van der Waals surface area contributed by atoms with Crippen molar-refractivity contribution >= 4 is 38.1 Å². The summed E-state index contributed by atoms with van der Waals surface area (Å²) in [4.78, 5) is 18.3. The van der Waals surface area contributed by atoms with Gasteiger partial charge in [-0.1, -0.05) is 13.0 Å². The number of fused-ring (bicyclic) bond motifs is 1. The van der Waals surface area contributed by atoms with Crippen molar-refractivity contribution in [1.82, 2.24) is 4.98 Å². The Morgan fingerprint density at radius 1 is 1.20 bits per heavy atom. The van der Waals surface area contributed by atoms with Crippen LogP contribution in [-0.2, 0) is 22.9 Å². The number of nitrogens with zero attached hydrogens (tertiary/aromatic N) is 1. The lowest BCUT2D eigenvalue weighted by atomic mass is 9.93. The molecule has 1 unspecified atom stereocenters. The third-order valence-corrected chi connectivity index (χ3v) is 7.34. The molecule has 3 aromatic rings. The first kappa shape index (κ1) is 20.5. The van der Waals surface area contributed by atoms with Crippen LogP contribution in [0.3, 0.4) is 0 Å². The van der Waals surface area contributed by atoms with E-state index in [1.54, 1.807) is 18.2 Å². The van der Waals surface area contributed by atoms with Crippen molar-refractivity contribution < 1.29 is 17.6 Å². The fourth-order valence-electron chi connectivity index (χ4n) is 3.31. The van der Waals surface area contributed by atoms with E-state index < -0.39 is 15.8 Å². The molecule has 1 aliphatic carbocycles. The normalized spacial score (nSPS) is 16.0. The number of carbonyl (C=O) groups is 1. The van der Waals surface area contributed by atoms with Crippen LogP contribution in [0.2, 0.25) is 0 Å². The maximum atomic E-state index is 13.1. The molecule has 6 nitrogen and oxygen atoms in total. The van der Waals surface area contributed by atoms with Crippen molar-refractivity contribution in [3.05, 3.63) is 70.5 Å². The van der Waals surface area contributed by atoms with E-state index in [-0.39, 0.29) is 16.5 Å². The van der Waals surface area contributed by atoms with Crippen molar-refractivity contribution in [3.63, 3.8) is 0 Å². The standard InChI is InChI=1S/C21H20FN3O3S2/c1-13-5-10-18-19(11-13)29-21(23-18)24-20(26)14-3-2-4-16(12-14)25-30(27,28)17-8-6-15(22)7-9-17/h2-4,6-9,12-13,25H,5,10-11H2,1H3,(H,23,24,26). The maximum absolute atomic E-state index is 13.1. The Morgan fingerprint density at radius 2 is 1.97 bits per heavy atom. The first-order valence-corrected chi connectivity index (χ1v) is 11.8. The zero-order valence-electron chi connectivity index (χ0n) is 16.2. The minimum absolute atomic E-state index is 0.0682. The second-order valence-electron chi connectivity index (χ2n) is 7.33. The van der Waals surface area contributed by atoms with Crippen LogP contribution >= 0.6 is 11.3 Å². The lowest BCUT2D eigenvalue weighted by molar-refractivity contribution is 0.102. The molecule has 4 rings (SSSR count). The van der Waals surface area contributed by atoms with Gasteiger partial charge in [0.05, 0.1) is 10.6 Å². The highest BCUT2D eigenvalue weighted by Gasteiger charge is 2.21. The molecule has 1 atom stereocenters. The number of rotatable bonds is 5. The monoisotopic (exact) mass is 445 g/mol. The molecule has 2 aromatic carbocycles. The van der Waals surface area contributed by atoms with Gasteiger partial charge >= 0.3 is 0 Å². The summed E-state index contributed by atoms with van der Waals surface area (Å²) in [6, 6.07) is 10.7. The Balaban J connectivity index is 1.49. The Bertz CT molecular complexity index is 1190. The highest BCUT2D eigenvalue weighted by atomic mass is 32.2. The van der Waals surface area contributed by atoms with Crippen LogP contribution in [0.15, 0.2) is 53.4 Å². The molecular weight excluding hydrogens is 425 g/mol. The molecule has 0 fully saturated rings. The number of hydrogen-bond donors (Lipinski definition) is 2. The second kappa shape index (κ2) is 8.16. The highest BCUT2D eigenvalue weighted by Crippen LogP contribution is 2.32. The number of aryl methyl sites for hydroxylation is 1. The fraction of sp³-hybridized carbons (Fsp3) is 0.238. The van der Waals surface area contributed by atoms with Gasteiger partial charge in [0.15, 0.2) is 5.13 Å². The molecule has 1 heterocycles. The first-order valence-electron chi connectivity index (χ1n) is 9.48. The summed E-state index contributed by atoms with van der Waals surface area (Å²) < 4.78 is 40.4. The van der Waals surface area contributed by atoms with Crippen molar-refractivity contribution in [2.24, 2.45) is 5.92 Å². The largest absolute Gasteiger partial charge is 0.298 e. The van der Waals surface area contributed by atoms with Gasteiger partial charge in [-0.25, -0.2) is 17.8 Å². The minimum atomic E-state index is -3.90. The number of anilines is 2. The molecule has 156 valence electrons. The van der Waals surface area contributed by atoms with Crippen molar-refractivity contribution in [2.45, 2.75) is 31.1 Å². The molecule has 0 radical (unpaired) electrons. The van der Waals surface area contributed by atoms with Gasteiger partial charge in [-0.05, 0) is 67.6 Å². The molecule has 0 aliphatic heterocycles. The number of thiazole rings is 1. The van der Waals surface area contributed by atoms with Gasteiger partial charge in [0.1, 0.15) is 5.82 Å². The van der Waals surface area contributed by atoms with Crippen LogP contribution < -0.4 is 10.0 Å². The molecule has 1 aromatic heterocycles. The third kappa shape index (κ3) is 4.52. The number of halogens is 1. The Kier molecular flexibility index (Phi) is 5.57. The topological polar surface area (TPSA) is 88.2 Å². The van der Waals surface area contributed by atoms with Crippen LogP contribution in [0.4, 0.5) is 15.2 Å². The van der Waals surface area contributed by atoms with E-state index in [0.717, 1.165) is 37.1 Å². The lowest BCUT2D eigenvalue weighted by Gasteiger charge is -2.15. The van der Waals surface area contributed by atoms with Crippen molar-refractivity contribution in [3.8, 4) is 0 Å². The van der Waals surface area contributed by atoms with Crippen molar-refractivity contribution in [1.29, 1.82) is 0 Å². The molecular formula is C21H20FN3O3S2. The maximum Gasteiger partial charge on any atom is 0.261 e. The second-order valence-corrected chi connectivity index (χ2v) is 10.1. The molecule has 2 N–H and O–H groups in total. The molecule has 0 saturated carbocycles. The molecule has 0 bridgehead atoms. The Morgan fingerprint density at radius 3 is 2.73 bits per heavy atom. The number of benzene rings is 2. The SMILES string of the molecule is CC1CCc2nc(NC(=O)c3cccc(NS(=O)(=O)c4ccc(F)cc4)c3)sc2C1. The smallest absolute Gasteiger partial charge is 0.261 e. The number of aromatic nitrogens is 1. The quantitative estimate of drug-likeness (QED) is 0.607. The molecule has 9 heteroatoms. The third-order valence-electron chi connectivity index (χ3n) is 4.91. The van der Waals surface area contributed by atoms with Crippen LogP contribution in [0.5, 0.6) is 0 Å². The van der Waals surface area contributed by atoms with E-state index in [1.807, 2.05) is 0 Å². The summed E-state index contributed by atoms with van der Waals surface area (Å²) in [7, 11) is -3.90. The molecule has 1 amide bonds. The highest BCUT2D eigenvalue weighted by molar-refractivity contribution is 7.92. The number of carbonyl (C=O) groups excluding carboxylic acids is 1. The van der Waals surface area contributed by atoms with E-state index in [9.17, 15) is 17.6 Å². The van der Waals surface area contributed by atoms with Crippen LogP contribution in [-0.4, -0.2) is 19.3 Å². The van der Waals surface area contributed by atoms with E-state index in [0.29, 0.717) is 16.6 Å². The van der Waals surface area contributed by atoms with E-state index >= 15 is 0 Å². The van der Waals surface area contributed by atoms with Gasteiger partial charge in [0.2, 0.25) is 0 Å². The average molecular weight is 446 g/mol.